The SMILES string of the molecule is c1ccc(CN2CCC(Oc3ccc(CN4CCOCC4)cc3)CC2)cc1. The molecule has 0 bridgehead atoms. The smallest absolute Gasteiger partial charge is 0.119 e. The van der Waals surface area contributed by atoms with E-state index in [-0.39, 0.29) is 0 Å². The van der Waals surface area contributed by atoms with Crippen molar-refractivity contribution in [2.75, 3.05) is 39.4 Å². The first-order valence-electron chi connectivity index (χ1n) is 10.2. The van der Waals surface area contributed by atoms with Crippen LogP contribution in [0.15, 0.2) is 54.6 Å². The third kappa shape index (κ3) is 5.55. The Bertz CT molecular complexity index is 675. The van der Waals surface area contributed by atoms with Crippen molar-refractivity contribution < 1.29 is 9.47 Å². The van der Waals surface area contributed by atoms with Crippen LogP contribution in [-0.2, 0) is 17.8 Å². The number of likely N-dealkylation sites (tertiary alicyclic amines) is 1. The molecule has 0 atom stereocenters. The van der Waals surface area contributed by atoms with Crippen LogP contribution in [-0.4, -0.2) is 55.3 Å². The highest BCUT2D eigenvalue weighted by atomic mass is 16.5. The Morgan fingerprint density at radius 2 is 1.33 bits per heavy atom. The van der Waals surface area contributed by atoms with Crippen LogP contribution in [0.1, 0.15) is 24.0 Å². The molecule has 144 valence electrons. The zero-order valence-corrected chi connectivity index (χ0v) is 16.1. The van der Waals surface area contributed by atoms with E-state index in [1.54, 1.807) is 0 Å². The van der Waals surface area contributed by atoms with E-state index in [0.29, 0.717) is 6.10 Å². The lowest BCUT2D eigenvalue weighted by Gasteiger charge is -2.32. The summed E-state index contributed by atoms with van der Waals surface area (Å²) in [5.74, 6) is 1.00. The third-order valence-corrected chi connectivity index (χ3v) is 5.52. The molecule has 2 aromatic carbocycles. The first kappa shape index (κ1) is 18.5. The number of hydrogen-bond acceptors (Lipinski definition) is 4. The van der Waals surface area contributed by atoms with Crippen molar-refractivity contribution in [1.29, 1.82) is 0 Å². The Morgan fingerprint density at radius 3 is 2.00 bits per heavy atom. The Kier molecular flexibility index (Phi) is 6.40. The van der Waals surface area contributed by atoms with Crippen LogP contribution >= 0.6 is 0 Å². The molecule has 2 fully saturated rings. The van der Waals surface area contributed by atoms with Gasteiger partial charge in [-0.15, -0.1) is 0 Å². The van der Waals surface area contributed by atoms with E-state index in [1.807, 2.05) is 0 Å². The second-order valence-corrected chi connectivity index (χ2v) is 7.61. The molecule has 2 saturated heterocycles. The minimum absolute atomic E-state index is 0.335. The second-order valence-electron chi connectivity index (χ2n) is 7.61. The van der Waals surface area contributed by atoms with Crippen LogP contribution in [0.4, 0.5) is 0 Å². The summed E-state index contributed by atoms with van der Waals surface area (Å²) in [7, 11) is 0. The van der Waals surface area contributed by atoms with Crippen LogP contribution in [0.25, 0.3) is 0 Å². The molecular weight excluding hydrogens is 336 g/mol. The van der Waals surface area contributed by atoms with Crippen LogP contribution in [0, 0.1) is 0 Å². The fraction of sp³-hybridized carbons (Fsp3) is 0.478. The molecule has 0 saturated carbocycles. The predicted octanol–water partition coefficient (Wildman–Crippen LogP) is 3.56. The number of nitrogens with zero attached hydrogens (tertiary/aromatic N) is 2. The van der Waals surface area contributed by atoms with Crippen LogP contribution in [0.5, 0.6) is 5.75 Å². The summed E-state index contributed by atoms with van der Waals surface area (Å²) in [5.41, 5.74) is 2.75. The van der Waals surface area contributed by atoms with Gasteiger partial charge >= 0.3 is 0 Å². The van der Waals surface area contributed by atoms with E-state index in [4.69, 9.17) is 9.47 Å². The van der Waals surface area contributed by atoms with Gasteiger partial charge in [-0.1, -0.05) is 42.5 Å². The van der Waals surface area contributed by atoms with Crippen molar-refractivity contribution in [3.63, 3.8) is 0 Å². The predicted molar refractivity (Wildman–Crippen MR) is 108 cm³/mol. The summed E-state index contributed by atoms with van der Waals surface area (Å²) in [6.45, 7) is 8.02. The molecule has 0 unspecified atom stereocenters. The molecule has 2 aliphatic rings. The van der Waals surface area contributed by atoms with Gasteiger partial charge in [-0.3, -0.25) is 9.80 Å². The number of morpholine rings is 1. The molecule has 4 heteroatoms. The molecule has 2 heterocycles. The van der Waals surface area contributed by atoms with Crippen LogP contribution in [0.2, 0.25) is 0 Å². The number of rotatable bonds is 6. The summed E-state index contributed by atoms with van der Waals surface area (Å²) in [6, 6.07) is 19.4. The van der Waals surface area contributed by atoms with Crippen LogP contribution in [0.3, 0.4) is 0 Å². The molecule has 0 N–H and O–H groups in total. The van der Waals surface area contributed by atoms with Gasteiger partial charge in [0, 0.05) is 39.3 Å². The number of ether oxygens (including phenoxy) is 2. The summed E-state index contributed by atoms with van der Waals surface area (Å²) in [4.78, 5) is 4.97. The Hall–Kier alpha value is -1.88. The van der Waals surface area contributed by atoms with E-state index in [0.717, 1.165) is 71.1 Å². The summed E-state index contributed by atoms with van der Waals surface area (Å²) in [6.07, 6.45) is 2.53. The highest BCUT2D eigenvalue weighted by Crippen LogP contribution is 2.21. The second kappa shape index (κ2) is 9.36. The van der Waals surface area contributed by atoms with Gasteiger partial charge in [0.1, 0.15) is 11.9 Å². The number of piperidine rings is 1. The van der Waals surface area contributed by atoms with Gasteiger partial charge in [0.25, 0.3) is 0 Å². The topological polar surface area (TPSA) is 24.9 Å². The zero-order chi connectivity index (χ0) is 18.3. The normalized spacial score (nSPS) is 19.9. The quantitative estimate of drug-likeness (QED) is 0.780. The molecule has 0 amide bonds. The standard InChI is InChI=1S/C23H30N2O2/c1-2-4-20(5-3-1)18-24-12-10-23(11-13-24)27-22-8-6-21(7-9-22)19-25-14-16-26-17-15-25/h1-9,23H,10-19H2. The van der Waals surface area contributed by atoms with E-state index in [1.165, 1.54) is 11.1 Å². The molecule has 0 aliphatic carbocycles. The largest absolute Gasteiger partial charge is 0.490 e. The molecule has 27 heavy (non-hydrogen) atoms. The number of benzene rings is 2. The molecule has 0 radical (unpaired) electrons. The van der Waals surface area contributed by atoms with Gasteiger partial charge in [0.2, 0.25) is 0 Å². The maximum Gasteiger partial charge on any atom is 0.119 e. The molecule has 0 spiro atoms. The molecule has 2 aliphatic heterocycles. The van der Waals surface area contributed by atoms with Crippen molar-refractivity contribution in [3.05, 3.63) is 65.7 Å². The van der Waals surface area contributed by atoms with Gasteiger partial charge in [-0.05, 0) is 36.1 Å². The summed E-state index contributed by atoms with van der Waals surface area (Å²) in [5, 5.41) is 0. The fourth-order valence-corrected chi connectivity index (χ4v) is 3.91. The monoisotopic (exact) mass is 366 g/mol. The first-order valence-corrected chi connectivity index (χ1v) is 10.2. The van der Waals surface area contributed by atoms with E-state index < -0.39 is 0 Å². The van der Waals surface area contributed by atoms with E-state index in [9.17, 15) is 0 Å². The van der Waals surface area contributed by atoms with Gasteiger partial charge in [0.05, 0.1) is 13.2 Å². The summed E-state index contributed by atoms with van der Waals surface area (Å²) < 4.78 is 11.7. The van der Waals surface area contributed by atoms with Crippen molar-refractivity contribution in [3.8, 4) is 5.75 Å². The maximum atomic E-state index is 6.24. The van der Waals surface area contributed by atoms with Crippen molar-refractivity contribution >= 4 is 0 Å². The zero-order valence-electron chi connectivity index (χ0n) is 16.1. The minimum Gasteiger partial charge on any atom is -0.490 e. The highest BCUT2D eigenvalue weighted by Gasteiger charge is 2.20. The van der Waals surface area contributed by atoms with Gasteiger partial charge in [-0.25, -0.2) is 0 Å². The summed E-state index contributed by atoms with van der Waals surface area (Å²) >= 11 is 0. The molecule has 2 aromatic rings. The van der Waals surface area contributed by atoms with Crippen molar-refractivity contribution in [2.24, 2.45) is 0 Å². The van der Waals surface area contributed by atoms with Crippen molar-refractivity contribution in [1.82, 2.24) is 9.80 Å². The maximum absolute atomic E-state index is 6.24. The fourth-order valence-electron chi connectivity index (χ4n) is 3.91. The average Bonchev–Trinajstić information content (AvgIpc) is 2.73. The molecule has 4 rings (SSSR count). The minimum atomic E-state index is 0.335. The lowest BCUT2D eigenvalue weighted by atomic mass is 10.1. The first-order chi connectivity index (χ1) is 13.3. The lowest BCUT2D eigenvalue weighted by Crippen LogP contribution is -2.37. The molecule has 0 aromatic heterocycles. The average molecular weight is 367 g/mol. The Morgan fingerprint density at radius 1 is 0.741 bits per heavy atom. The van der Waals surface area contributed by atoms with Crippen molar-refractivity contribution in [2.45, 2.75) is 32.0 Å². The number of hydrogen-bond donors (Lipinski definition) is 0. The highest BCUT2D eigenvalue weighted by molar-refractivity contribution is 5.27. The van der Waals surface area contributed by atoms with Gasteiger partial charge in [-0.2, -0.15) is 0 Å². The molecule has 4 nitrogen and oxygen atoms in total. The lowest BCUT2D eigenvalue weighted by molar-refractivity contribution is 0.0341. The van der Waals surface area contributed by atoms with E-state index in [2.05, 4.69) is 64.4 Å². The van der Waals surface area contributed by atoms with E-state index >= 15 is 0 Å². The van der Waals surface area contributed by atoms with Gasteiger partial charge in [0.15, 0.2) is 0 Å². The van der Waals surface area contributed by atoms with Gasteiger partial charge < -0.3 is 9.47 Å². The Labute approximate surface area is 162 Å². The third-order valence-electron chi connectivity index (χ3n) is 5.52. The van der Waals surface area contributed by atoms with Crippen LogP contribution < -0.4 is 4.74 Å². The Balaban J connectivity index is 1.22. The molecular formula is C23H30N2O2.